The van der Waals surface area contributed by atoms with Crippen molar-refractivity contribution >= 4 is 11.6 Å². The molecule has 1 aliphatic heterocycles. The zero-order valence-electron chi connectivity index (χ0n) is 15.4. The molecule has 2 aromatic rings. The molecule has 0 aromatic heterocycles. The molecule has 2 aromatic carbocycles. The molecule has 0 fully saturated rings. The summed E-state index contributed by atoms with van der Waals surface area (Å²) in [5.74, 6) is 0.856. The first-order chi connectivity index (χ1) is 12.0. The van der Waals surface area contributed by atoms with Gasteiger partial charge < -0.3 is 15.0 Å². The highest BCUT2D eigenvalue weighted by Crippen LogP contribution is 2.42. The topological polar surface area (TPSA) is 41.6 Å². The van der Waals surface area contributed by atoms with Crippen molar-refractivity contribution < 1.29 is 9.53 Å². The maximum Gasteiger partial charge on any atom is 0.258 e. The van der Waals surface area contributed by atoms with Crippen molar-refractivity contribution in [3.63, 3.8) is 0 Å². The van der Waals surface area contributed by atoms with E-state index < -0.39 is 5.66 Å². The molecule has 1 atom stereocenters. The molecule has 4 nitrogen and oxygen atoms in total. The maximum absolute atomic E-state index is 13.2. The van der Waals surface area contributed by atoms with E-state index in [4.69, 9.17) is 4.74 Å². The van der Waals surface area contributed by atoms with Gasteiger partial charge in [-0.1, -0.05) is 37.3 Å². The van der Waals surface area contributed by atoms with Crippen LogP contribution in [-0.4, -0.2) is 23.5 Å². The third-order valence-corrected chi connectivity index (χ3v) is 4.63. The Morgan fingerprint density at radius 2 is 1.80 bits per heavy atom. The molecular weight excluding hydrogens is 312 g/mol. The van der Waals surface area contributed by atoms with Crippen LogP contribution in [0.1, 0.15) is 50.0 Å². The van der Waals surface area contributed by atoms with Gasteiger partial charge in [-0.2, -0.15) is 0 Å². The number of fused-ring (bicyclic) bond motifs is 1. The Labute approximate surface area is 149 Å². The summed E-state index contributed by atoms with van der Waals surface area (Å²) in [6, 6.07) is 15.7. The summed E-state index contributed by atoms with van der Waals surface area (Å²) in [6.07, 6.45) is 0.939. The molecule has 3 rings (SSSR count). The van der Waals surface area contributed by atoms with Crippen molar-refractivity contribution in [2.24, 2.45) is 0 Å². The number of benzene rings is 2. The fraction of sp³-hybridized carbons (Fsp3) is 0.381. The SMILES string of the molecule is CCCOc1ccccc1C1(C)Nc2ccccc2C(=O)N1C(C)C. The second-order valence-corrected chi connectivity index (χ2v) is 6.86. The summed E-state index contributed by atoms with van der Waals surface area (Å²) >= 11 is 0. The average molecular weight is 338 g/mol. The van der Waals surface area contributed by atoms with Gasteiger partial charge in [0.2, 0.25) is 0 Å². The van der Waals surface area contributed by atoms with Crippen LogP contribution in [0.15, 0.2) is 48.5 Å². The van der Waals surface area contributed by atoms with Gasteiger partial charge in [-0.3, -0.25) is 4.79 Å². The van der Waals surface area contributed by atoms with Crippen LogP contribution in [0.2, 0.25) is 0 Å². The van der Waals surface area contributed by atoms with Crippen molar-refractivity contribution in [2.75, 3.05) is 11.9 Å². The van der Waals surface area contributed by atoms with Crippen LogP contribution in [0, 0.1) is 0 Å². The summed E-state index contributed by atoms with van der Waals surface area (Å²) in [6.45, 7) is 8.88. The van der Waals surface area contributed by atoms with E-state index in [0.29, 0.717) is 12.2 Å². The Kier molecular flexibility index (Phi) is 4.71. The number of anilines is 1. The molecule has 0 bridgehead atoms. The molecular formula is C21H26N2O2. The smallest absolute Gasteiger partial charge is 0.258 e. The van der Waals surface area contributed by atoms with Gasteiger partial charge in [-0.25, -0.2) is 0 Å². The summed E-state index contributed by atoms with van der Waals surface area (Å²) in [5, 5.41) is 3.59. The van der Waals surface area contributed by atoms with Crippen molar-refractivity contribution in [1.82, 2.24) is 4.90 Å². The summed E-state index contributed by atoms with van der Waals surface area (Å²) < 4.78 is 5.98. The number of hydrogen-bond acceptors (Lipinski definition) is 3. The number of ether oxygens (including phenoxy) is 1. The van der Waals surface area contributed by atoms with E-state index in [-0.39, 0.29) is 11.9 Å². The molecule has 1 amide bonds. The van der Waals surface area contributed by atoms with Crippen LogP contribution in [0.5, 0.6) is 5.75 Å². The number of carbonyl (C=O) groups is 1. The summed E-state index contributed by atoms with van der Waals surface area (Å²) in [4.78, 5) is 15.1. The number of para-hydroxylation sites is 2. The molecule has 1 unspecified atom stereocenters. The Balaban J connectivity index is 2.14. The molecule has 4 heteroatoms. The van der Waals surface area contributed by atoms with Gasteiger partial charge >= 0.3 is 0 Å². The fourth-order valence-electron chi connectivity index (χ4n) is 3.59. The normalized spacial score (nSPS) is 19.6. The number of amides is 1. The largest absolute Gasteiger partial charge is 0.493 e. The van der Waals surface area contributed by atoms with E-state index in [1.54, 1.807) is 0 Å². The highest BCUT2D eigenvalue weighted by molar-refractivity contribution is 6.02. The van der Waals surface area contributed by atoms with Crippen molar-refractivity contribution in [1.29, 1.82) is 0 Å². The number of nitrogens with zero attached hydrogens (tertiary/aromatic N) is 1. The molecule has 0 spiro atoms. The predicted octanol–water partition coefficient (Wildman–Crippen LogP) is 4.62. The van der Waals surface area contributed by atoms with E-state index in [2.05, 4.69) is 19.2 Å². The van der Waals surface area contributed by atoms with Gasteiger partial charge in [0.05, 0.1) is 12.2 Å². The van der Waals surface area contributed by atoms with Crippen molar-refractivity contribution in [3.05, 3.63) is 59.7 Å². The molecule has 1 aliphatic rings. The lowest BCUT2D eigenvalue weighted by Crippen LogP contribution is -2.58. The van der Waals surface area contributed by atoms with Gasteiger partial charge in [0.1, 0.15) is 11.4 Å². The maximum atomic E-state index is 13.2. The minimum atomic E-state index is -0.677. The molecule has 0 radical (unpaired) electrons. The number of nitrogens with one attached hydrogen (secondary N) is 1. The predicted molar refractivity (Wildman–Crippen MR) is 101 cm³/mol. The van der Waals surface area contributed by atoms with Gasteiger partial charge in [0, 0.05) is 17.3 Å². The summed E-state index contributed by atoms with van der Waals surface area (Å²) in [5.41, 5.74) is 1.86. The molecule has 0 saturated heterocycles. The second-order valence-electron chi connectivity index (χ2n) is 6.86. The Hall–Kier alpha value is -2.49. The zero-order chi connectivity index (χ0) is 18.0. The summed E-state index contributed by atoms with van der Waals surface area (Å²) in [7, 11) is 0. The zero-order valence-corrected chi connectivity index (χ0v) is 15.4. The lowest BCUT2D eigenvalue weighted by atomic mass is 9.91. The first-order valence-corrected chi connectivity index (χ1v) is 8.92. The molecule has 1 heterocycles. The Bertz CT molecular complexity index is 772. The minimum Gasteiger partial charge on any atom is -0.493 e. The highest BCUT2D eigenvalue weighted by Gasteiger charge is 2.45. The van der Waals surface area contributed by atoms with Crippen molar-refractivity contribution in [2.45, 2.75) is 45.8 Å². The first kappa shape index (κ1) is 17.3. The third-order valence-electron chi connectivity index (χ3n) is 4.63. The number of rotatable bonds is 5. The van der Waals surface area contributed by atoms with Crippen molar-refractivity contribution in [3.8, 4) is 5.75 Å². The van der Waals surface area contributed by atoms with Crippen LogP contribution in [0.4, 0.5) is 5.69 Å². The van der Waals surface area contributed by atoms with E-state index in [1.807, 2.05) is 67.3 Å². The van der Waals surface area contributed by atoms with Crippen LogP contribution >= 0.6 is 0 Å². The van der Waals surface area contributed by atoms with Crippen LogP contribution in [-0.2, 0) is 5.66 Å². The third kappa shape index (κ3) is 2.97. The average Bonchev–Trinajstić information content (AvgIpc) is 2.60. The van der Waals surface area contributed by atoms with Crippen LogP contribution < -0.4 is 10.1 Å². The lowest BCUT2D eigenvalue weighted by molar-refractivity contribution is 0.0427. The van der Waals surface area contributed by atoms with Gasteiger partial charge in [0.15, 0.2) is 0 Å². The van der Waals surface area contributed by atoms with Gasteiger partial charge in [-0.15, -0.1) is 0 Å². The standard InChI is InChI=1S/C21H26N2O2/c1-5-14-25-19-13-9-7-11-17(19)21(4)22-18-12-8-6-10-16(18)20(24)23(21)15(2)3/h6-13,15,22H,5,14H2,1-4H3. The first-order valence-electron chi connectivity index (χ1n) is 8.92. The highest BCUT2D eigenvalue weighted by atomic mass is 16.5. The number of hydrogen-bond donors (Lipinski definition) is 1. The molecule has 0 aliphatic carbocycles. The monoisotopic (exact) mass is 338 g/mol. The van der Waals surface area contributed by atoms with E-state index in [1.165, 1.54) is 0 Å². The van der Waals surface area contributed by atoms with Gasteiger partial charge in [0.25, 0.3) is 5.91 Å². The molecule has 25 heavy (non-hydrogen) atoms. The molecule has 132 valence electrons. The van der Waals surface area contributed by atoms with Crippen LogP contribution in [0.25, 0.3) is 0 Å². The minimum absolute atomic E-state index is 0.0390. The number of carbonyl (C=O) groups excluding carboxylic acids is 1. The fourth-order valence-corrected chi connectivity index (χ4v) is 3.59. The quantitative estimate of drug-likeness (QED) is 0.864. The molecule has 1 N–H and O–H groups in total. The lowest BCUT2D eigenvalue weighted by Gasteiger charge is -2.49. The van der Waals surface area contributed by atoms with E-state index >= 15 is 0 Å². The van der Waals surface area contributed by atoms with Gasteiger partial charge in [-0.05, 0) is 45.4 Å². The Morgan fingerprint density at radius 3 is 2.52 bits per heavy atom. The Morgan fingerprint density at radius 1 is 1.12 bits per heavy atom. The van der Waals surface area contributed by atoms with Crippen LogP contribution in [0.3, 0.4) is 0 Å². The second kappa shape index (κ2) is 6.79. The van der Waals surface area contributed by atoms with E-state index in [9.17, 15) is 4.79 Å². The van der Waals surface area contributed by atoms with E-state index in [0.717, 1.165) is 23.4 Å². The molecule has 0 saturated carbocycles.